The Morgan fingerprint density at radius 1 is 0.483 bits per heavy atom. The molecule has 12 aromatic rings. The van der Waals surface area contributed by atoms with Crippen LogP contribution in [0.3, 0.4) is 0 Å². The fourth-order valence-electron chi connectivity index (χ4n) is 9.04. The fraction of sp³-hybridized carbons (Fsp3) is 0.0189. The lowest BCUT2D eigenvalue weighted by molar-refractivity contribution is 0.668. The van der Waals surface area contributed by atoms with E-state index >= 15 is 0 Å². The van der Waals surface area contributed by atoms with Crippen molar-refractivity contribution >= 4 is 105 Å². The summed E-state index contributed by atoms with van der Waals surface area (Å²) in [7, 11) is 0. The van der Waals surface area contributed by atoms with Crippen molar-refractivity contribution in [1.82, 2.24) is 9.13 Å². The maximum atomic E-state index is 7.07. The highest BCUT2D eigenvalue weighted by molar-refractivity contribution is 6.28. The Labute approximate surface area is 343 Å². The fourth-order valence-corrected chi connectivity index (χ4v) is 9.04. The van der Waals surface area contributed by atoms with Crippen LogP contribution in [0, 0.1) is 0 Å². The van der Waals surface area contributed by atoms with Crippen molar-refractivity contribution in [3.63, 3.8) is 0 Å². The van der Waals surface area contributed by atoms with Gasteiger partial charge in [-0.1, -0.05) is 115 Å². The first-order chi connectivity index (χ1) is 29.6. The number of nitrogens with zero attached hydrogens (tertiary/aromatic N) is 4. The lowest BCUT2D eigenvalue weighted by Crippen LogP contribution is -2.19. The van der Waals surface area contributed by atoms with Gasteiger partial charge in [-0.15, -0.1) is 0 Å². The molecule has 0 aliphatic heterocycles. The minimum absolute atomic E-state index is 0.310. The normalized spacial score (nSPS) is 13.1. The molecule has 12 rings (SSSR count). The molecule has 0 saturated heterocycles. The van der Waals surface area contributed by atoms with Crippen LogP contribution in [0.25, 0.3) is 98.9 Å². The molecule has 0 aliphatic rings. The minimum atomic E-state index is 0.310. The van der Waals surface area contributed by atoms with Gasteiger partial charge in [0.2, 0.25) is 5.96 Å². The third kappa shape index (κ3) is 5.09. The van der Waals surface area contributed by atoms with Crippen LogP contribution >= 0.6 is 0 Å². The van der Waals surface area contributed by atoms with Crippen LogP contribution in [-0.2, 0) is 0 Å². The molecule has 4 aromatic heterocycles. The zero-order valence-corrected chi connectivity index (χ0v) is 32.5. The van der Waals surface area contributed by atoms with E-state index in [4.69, 9.17) is 24.6 Å². The van der Waals surface area contributed by atoms with Crippen molar-refractivity contribution in [2.45, 2.75) is 6.92 Å². The summed E-state index contributed by atoms with van der Waals surface area (Å²) in [5, 5.41) is 8.73. The van der Waals surface area contributed by atoms with Crippen molar-refractivity contribution < 1.29 is 8.83 Å². The van der Waals surface area contributed by atoms with Gasteiger partial charge in [-0.3, -0.25) is 4.57 Å². The summed E-state index contributed by atoms with van der Waals surface area (Å²) in [5.41, 5.74) is 17.9. The molecule has 0 radical (unpaired) electrons. The number of para-hydroxylation sites is 5. The number of allylic oxidation sites excluding steroid dienone is 1. The lowest BCUT2D eigenvalue weighted by atomic mass is 10.1. The highest BCUT2D eigenvalue weighted by Crippen LogP contribution is 2.41. The molecular weight excluding hydrogens is 739 g/mol. The Hall–Kier alpha value is -8.16. The number of hydrogen-bond donors (Lipinski definition) is 1. The van der Waals surface area contributed by atoms with E-state index in [0.717, 1.165) is 99.2 Å². The van der Waals surface area contributed by atoms with Crippen LogP contribution in [0.4, 0.5) is 0 Å². The van der Waals surface area contributed by atoms with Gasteiger partial charge >= 0.3 is 0 Å². The van der Waals surface area contributed by atoms with E-state index in [2.05, 4.69) is 137 Å². The molecule has 0 saturated carbocycles. The number of aliphatic imine (C=N–C) groups is 2. The van der Waals surface area contributed by atoms with Crippen LogP contribution in [0.5, 0.6) is 0 Å². The van der Waals surface area contributed by atoms with E-state index in [-0.39, 0.29) is 0 Å². The molecular formula is C53H35N5O2. The van der Waals surface area contributed by atoms with Gasteiger partial charge in [0, 0.05) is 59.9 Å². The van der Waals surface area contributed by atoms with Crippen LogP contribution < -0.4 is 5.73 Å². The molecule has 0 spiro atoms. The predicted molar refractivity (Wildman–Crippen MR) is 248 cm³/mol. The van der Waals surface area contributed by atoms with E-state index < -0.39 is 0 Å². The monoisotopic (exact) mass is 773 g/mol. The molecule has 0 fully saturated rings. The Morgan fingerprint density at radius 2 is 1.03 bits per heavy atom. The maximum absolute atomic E-state index is 7.07. The summed E-state index contributed by atoms with van der Waals surface area (Å²) in [5.74, 6) is 0.729. The molecule has 2 N–H and O–H groups in total. The van der Waals surface area contributed by atoms with Crippen molar-refractivity contribution in [3.05, 3.63) is 193 Å². The van der Waals surface area contributed by atoms with Crippen LogP contribution in [0.15, 0.2) is 201 Å². The molecule has 0 amide bonds. The lowest BCUT2D eigenvalue weighted by Gasteiger charge is -2.12. The second-order valence-electron chi connectivity index (χ2n) is 15.1. The van der Waals surface area contributed by atoms with Gasteiger partial charge in [0.05, 0.1) is 27.8 Å². The largest absolute Gasteiger partial charge is 0.456 e. The van der Waals surface area contributed by atoms with Crippen LogP contribution in [0.1, 0.15) is 18.1 Å². The number of fused-ring (bicyclic) bond motifs is 13. The van der Waals surface area contributed by atoms with Crippen molar-refractivity contribution in [1.29, 1.82) is 0 Å². The van der Waals surface area contributed by atoms with E-state index in [1.807, 2.05) is 61.5 Å². The molecule has 284 valence electrons. The number of amidine groups is 1. The summed E-state index contributed by atoms with van der Waals surface area (Å²) in [6.07, 6.45) is 2.01. The number of aromatic nitrogens is 2. The summed E-state index contributed by atoms with van der Waals surface area (Å²) in [4.78, 5) is 10.7. The highest BCUT2D eigenvalue weighted by Gasteiger charge is 2.23. The zero-order chi connectivity index (χ0) is 39.9. The molecule has 0 bridgehead atoms. The number of nitrogens with two attached hydrogens (primary N) is 1. The number of hydrogen-bond acceptors (Lipinski definition) is 3. The molecule has 0 unspecified atom stereocenters. The third-order valence-electron chi connectivity index (χ3n) is 11.7. The van der Waals surface area contributed by atoms with Gasteiger partial charge < -0.3 is 19.1 Å². The molecule has 8 aromatic carbocycles. The highest BCUT2D eigenvalue weighted by atomic mass is 16.3. The molecule has 7 nitrogen and oxygen atoms in total. The Balaban J connectivity index is 1.14. The molecule has 7 heteroatoms. The van der Waals surface area contributed by atoms with Crippen LogP contribution in [-0.4, -0.2) is 20.9 Å². The van der Waals surface area contributed by atoms with Crippen LogP contribution in [0.2, 0.25) is 0 Å². The second kappa shape index (κ2) is 13.2. The summed E-state index contributed by atoms with van der Waals surface area (Å²) >= 11 is 0. The smallest absolute Gasteiger partial charge is 0.237 e. The molecule has 0 atom stereocenters. The number of rotatable bonds is 4. The van der Waals surface area contributed by atoms with Crippen molar-refractivity contribution in [2.75, 3.05) is 0 Å². The van der Waals surface area contributed by atoms with Gasteiger partial charge in [0.25, 0.3) is 0 Å². The van der Waals surface area contributed by atoms with Crippen molar-refractivity contribution in [3.8, 4) is 5.69 Å². The first kappa shape index (κ1) is 33.9. The number of benzene rings is 8. The molecule has 60 heavy (non-hydrogen) atoms. The average Bonchev–Trinajstić information content (AvgIpc) is 4.05. The SMILES string of the molecule is C/C=C(/N=C(\N=C(/N)c1ccc2c(c1)oc1ccccc12)n1c2ccccc2c2c1ccc1c3ccccc3n(-c3ccccc3)c12)c1ccc2c(c1)oc1ccccc12. The zero-order valence-electron chi connectivity index (χ0n) is 32.5. The summed E-state index contributed by atoms with van der Waals surface area (Å²) in [6.45, 7) is 2.00. The standard InChI is InChI=1S/C53H35N5O2/c1-2-42(32-24-26-38-36-17-8-12-22-46(36)59-48(38)30-32)55-53(56-52(54)33-25-27-39-37-18-9-13-23-47(37)60-49(39)31-33)58-44-21-11-7-19-41(44)50-45(58)29-28-40-35-16-6-10-20-43(35)57(51(40)50)34-14-4-3-5-15-34/h2-31H,1H3,(H2,54,55,56)/b42-2+. The van der Waals surface area contributed by atoms with Gasteiger partial charge in [-0.2, -0.15) is 4.99 Å². The van der Waals surface area contributed by atoms with Crippen molar-refractivity contribution in [2.24, 2.45) is 15.7 Å². The first-order valence-corrected chi connectivity index (χ1v) is 20.1. The van der Waals surface area contributed by atoms with Gasteiger partial charge in [-0.05, 0) is 73.7 Å². The van der Waals surface area contributed by atoms with E-state index in [0.29, 0.717) is 11.8 Å². The molecule has 4 heterocycles. The van der Waals surface area contributed by atoms with Gasteiger partial charge in [0.15, 0.2) is 0 Å². The van der Waals surface area contributed by atoms with E-state index in [9.17, 15) is 0 Å². The molecule has 0 aliphatic carbocycles. The topological polar surface area (TPSA) is 86.9 Å². The summed E-state index contributed by atoms with van der Waals surface area (Å²) in [6, 6.07) is 60.5. The predicted octanol–water partition coefficient (Wildman–Crippen LogP) is 13.4. The summed E-state index contributed by atoms with van der Waals surface area (Å²) < 4.78 is 17.1. The Morgan fingerprint density at radius 3 is 1.73 bits per heavy atom. The van der Waals surface area contributed by atoms with E-state index in [1.54, 1.807) is 0 Å². The Kier molecular flexibility index (Phi) is 7.46. The van der Waals surface area contributed by atoms with Gasteiger partial charge in [0.1, 0.15) is 28.2 Å². The maximum Gasteiger partial charge on any atom is 0.237 e. The average molecular weight is 774 g/mol. The van der Waals surface area contributed by atoms with Gasteiger partial charge in [-0.25, -0.2) is 4.99 Å². The first-order valence-electron chi connectivity index (χ1n) is 20.1. The minimum Gasteiger partial charge on any atom is -0.456 e. The number of furan rings is 2. The second-order valence-corrected chi connectivity index (χ2v) is 15.1. The third-order valence-corrected chi connectivity index (χ3v) is 11.7. The quantitative estimate of drug-likeness (QED) is 0.143. The Bertz CT molecular complexity index is 3800. The van der Waals surface area contributed by atoms with E-state index in [1.165, 1.54) is 10.8 Å².